The van der Waals surface area contributed by atoms with Crippen LogP contribution in [0, 0.1) is 5.92 Å². The maximum atomic E-state index is 5.92. The van der Waals surface area contributed by atoms with Crippen LogP contribution in [0.25, 0.3) is 0 Å². The summed E-state index contributed by atoms with van der Waals surface area (Å²) in [5.41, 5.74) is 7.38. The number of rotatable bonds is 3. The van der Waals surface area contributed by atoms with Crippen LogP contribution in [0.5, 0.6) is 0 Å². The molecule has 0 aromatic heterocycles. The lowest BCUT2D eigenvalue weighted by Gasteiger charge is -2.28. The van der Waals surface area contributed by atoms with E-state index in [-0.39, 0.29) is 0 Å². The Morgan fingerprint density at radius 3 is 2.50 bits per heavy atom. The molecule has 2 atom stereocenters. The van der Waals surface area contributed by atoms with Gasteiger partial charge >= 0.3 is 0 Å². The zero-order valence-corrected chi connectivity index (χ0v) is 9.68. The number of likely N-dealkylation sites (tertiary alicyclic amines) is 1. The Bertz CT molecular complexity index is 345. The molecule has 0 spiro atoms. The van der Waals surface area contributed by atoms with Crippen molar-refractivity contribution >= 4 is 0 Å². The summed E-state index contributed by atoms with van der Waals surface area (Å²) in [6, 6.07) is 12.3. The van der Waals surface area contributed by atoms with Gasteiger partial charge in [0.05, 0.1) is 0 Å². The van der Waals surface area contributed by atoms with Gasteiger partial charge in [-0.3, -0.25) is 4.90 Å². The summed E-state index contributed by atoms with van der Waals surface area (Å²) in [5.74, 6) is 0.656. The molecular formula is C14H20N2. The summed E-state index contributed by atoms with van der Waals surface area (Å²) >= 11 is 0. The second kappa shape index (κ2) is 4.19. The van der Waals surface area contributed by atoms with Gasteiger partial charge < -0.3 is 5.73 Å². The molecule has 16 heavy (non-hydrogen) atoms. The van der Waals surface area contributed by atoms with E-state index >= 15 is 0 Å². The second-order valence-corrected chi connectivity index (χ2v) is 5.11. The Hall–Kier alpha value is -0.860. The minimum atomic E-state index is 0.582. The van der Waals surface area contributed by atoms with Crippen molar-refractivity contribution in [3.05, 3.63) is 35.9 Å². The third-order valence-corrected chi connectivity index (χ3v) is 4.02. The first-order valence-corrected chi connectivity index (χ1v) is 6.41. The Kier molecular flexibility index (Phi) is 2.70. The van der Waals surface area contributed by atoms with Crippen molar-refractivity contribution in [2.24, 2.45) is 11.7 Å². The molecule has 0 radical (unpaired) electrons. The van der Waals surface area contributed by atoms with E-state index in [1.165, 1.54) is 31.4 Å². The van der Waals surface area contributed by atoms with E-state index in [0.29, 0.717) is 12.0 Å². The molecular weight excluding hydrogens is 196 g/mol. The summed E-state index contributed by atoms with van der Waals surface area (Å²) in [4.78, 5) is 2.69. The molecule has 2 fully saturated rings. The van der Waals surface area contributed by atoms with Crippen molar-refractivity contribution in [1.29, 1.82) is 0 Å². The zero-order chi connectivity index (χ0) is 11.0. The van der Waals surface area contributed by atoms with Gasteiger partial charge in [0.25, 0.3) is 0 Å². The van der Waals surface area contributed by atoms with Gasteiger partial charge in [0.1, 0.15) is 0 Å². The first-order valence-electron chi connectivity index (χ1n) is 6.41. The van der Waals surface area contributed by atoms with Crippen LogP contribution >= 0.6 is 0 Å². The van der Waals surface area contributed by atoms with Gasteiger partial charge in [0.15, 0.2) is 0 Å². The van der Waals surface area contributed by atoms with Crippen molar-refractivity contribution in [2.45, 2.75) is 31.3 Å². The van der Waals surface area contributed by atoms with Gasteiger partial charge in [-0.1, -0.05) is 30.3 Å². The minimum absolute atomic E-state index is 0.582. The smallest absolute Gasteiger partial charge is 0.0391 e. The topological polar surface area (TPSA) is 29.3 Å². The van der Waals surface area contributed by atoms with E-state index in [4.69, 9.17) is 5.73 Å². The average molecular weight is 216 g/mol. The molecule has 2 unspecified atom stereocenters. The first kappa shape index (κ1) is 10.3. The fourth-order valence-corrected chi connectivity index (χ4v) is 3.06. The highest BCUT2D eigenvalue weighted by atomic mass is 15.2. The fraction of sp³-hybridized carbons (Fsp3) is 0.571. The molecule has 86 valence electrons. The van der Waals surface area contributed by atoms with Gasteiger partial charge in [-0.25, -0.2) is 0 Å². The number of nitrogens with zero attached hydrogens (tertiary/aromatic N) is 1. The standard InChI is InChI=1S/C14H20N2/c15-10-12-8-9-16(13-6-7-13)14(12)11-4-2-1-3-5-11/h1-5,12-14H,6-10,15H2. The van der Waals surface area contributed by atoms with E-state index in [9.17, 15) is 0 Å². The fourth-order valence-electron chi connectivity index (χ4n) is 3.06. The number of benzene rings is 1. The predicted octanol–water partition coefficient (Wildman–Crippen LogP) is 2.17. The summed E-state index contributed by atoms with van der Waals surface area (Å²) < 4.78 is 0. The lowest BCUT2D eigenvalue weighted by molar-refractivity contribution is 0.220. The van der Waals surface area contributed by atoms with E-state index in [0.717, 1.165) is 12.6 Å². The van der Waals surface area contributed by atoms with Crippen molar-refractivity contribution < 1.29 is 0 Å². The molecule has 2 nitrogen and oxygen atoms in total. The van der Waals surface area contributed by atoms with Crippen molar-refractivity contribution in [2.75, 3.05) is 13.1 Å². The van der Waals surface area contributed by atoms with Crippen LogP contribution in [0.1, 0.15) is 30.9 Å². The van der Waals surface area contributed by atoms with E-state index in [1.54, 1.807) is 0 Å². The van der Waals surface area contributed by atoms with Gasteiger partial charge in [-0.15, -0.1) is 0 Å². The van der Waals surface area contributed by atoms with Gasteiger partial charge in [-0.05, 0) is 43.8 Å². The minimum Gasteiger partial charge on any atom is -0.330 e. The maximum absolute atomic E-state index is 5.92. The third kappa shape index (κ3) is 1.76. The predicted molar refractivity (Wildman–Crippen MR) is 66.1 cm³/mol. The van der Waals surface area contributed by atoms with Crippen LogP contribution in [-0.4, -0.2) is 24.0 Å². The molecule has 1 saturated carbocycles. The highest BCUT2D eigenvalue weighted by molar-refractivity contribution is 5.22. The molecule has 2 heteroatoms. The molecule has 2 aliphatic rings. The molecule has 1 aromatic carbocycles. The van der Waals surface area contributed by atoms with Crippen LogP contribution in [0.2, 0.25) is 0 Å². The Labute approximate surface area is 97.4 Å². The molecule has 1 aromatic rings. The molecule has 1 aliphatic carbocycles. The Balaban J connectivity index is 1.87. The van der Waals surface area contributed by atoms with Gasteiger partial charge in [0, 0.05) is 12.1 Å². The molecule has 3 rings (SSSR count). The van der Waals surface area contributed by atoms with Crippen molar-refractivity contribution in [1.82, 2.24) is 4.90 Å². The lowest BCUT2D eigenvalue weighted by atomic mass is 9.94. The quantitative estimate of drug-likeness (QED) is 0.839. The Morgan fingerprint density at radius 1 is 1.12 bits per heavy atom. The number of hydrogen-bond acceptors (Lipinski definition) is 2. The summed E-state index contributed by atoms with van der Waals surface area (Å²) in [6.07, 6.45) is 4.05. The van der Waals surface area contributed by atoms with E-state index in [1.807, 2.05) is 0 Å². The largest absolute Gasteiger partial charge is 0.330 e. The molecule has 0 amide bonds. The third-order valence-electron chi connectivity index (χ3n) is 4.02. The number of hydrogen-bond donors (Lipinski definition) is 1. The zero-order valence-electron chi connectivity index (χ0n) is 9.68. The van der Waals surface area contributed by atoms with Gasteiger partial charge in [-0.2, -0.15) is 0 Å². The van der Waals surface area contributed by atoms with Crippen LogP contribution in [-0.2, 0) is 0 Å². The summed E-state index contributed by atoms with van der Waals surface area (Å²) in [6.45, 7) is 2.06. The van der Waals surface area contributed by atoms with E-state index < -0.39 is 0 Å². The highest BCUT2D eigenvalue weighted by Crippen LogP contribution is 2.43. The Morgan fingerprint density at radius 2 is 1.88 bits per heavy atom. The monoisotopic (exact) mass is 216 g/mol. The molecule has 1 aliphatic heterocycles. The molecule has 2 N–H and O–H groups in total. The average Bonchev–Trinajstić information content (AvgIpc) is 3.09. The van der Waals surface area contributed by atoms with Crippen molar-refractivity contribution in [3.63, 3.8) is 0 Å². The maximum Gasteiger partial charge on any atom is 0.0391 e. The lowest BCUT2D eigenvalue weighted by Crippen LogP contribution is -2.29. The van der Waals surface area contributed by atoms with E-state index in [2.05, 4.69) is 35.2 Å². The van der Waals surface area contributed by atoms with Crippen LogP contribution < -0.4 is 5.73 Å². The number of nitrogens with two attached hydrogens (primary N) is 1. The van der Waals surface area contributed by atoms with Crippen LogP contribution in [0.4, 0.5) is 0 Å². The first-order chi connectivity index (χ1) is 7.90. The molecule has 1 saturated heterocycles. The summed E-state index contributed by atoms with van der Waals surface area (Å²) in [5, 5.41) is 0. The normalized spacial score (nSPS) is 30.8. The summed E-state index contributed by atoms with van der Waals surface area (Å²) in [7, 11) is 0. The van der Waals surface area contributed by atoms with Gasteiger partial charge in [0.2, 0.25) is 0 Å². The highest BCUT2D eigenvalue weighted by Gasteiger charge is 2.41. The van der Waals surface area contributed by atoms with Crippen molar-refractivity contribution in [3.8, 4) is 0 Å². The molecule has 0 bridgehead atoms. The second-order valence-electron chi connectivity index (χ2n) is 5.11. The van der Waals surface area contributed by atoms with Crippen LogP contribution in [0.3, 0.4) is 0 Å². The van der Waals surface area contributed by atoms with Crippen LogP contribution in [0.15, 0.2) is 30.3 Å². The SMILES string of the molecule is NCC1CCN(C2CC2)C1c1ccccc1. The molecule has 1 heterocycles.